The normalized spacial score (nSPS) is 20.2. The van der Waals surface area contributed by atoms with Crippen molar-refractivity contribution in [2.45, 2.75) is 94.2 Å². The zero-order chi connectivity index (χ0) is 43.8. The maximum atomic E-state index is 12.8. The van der Waals surface area contributed by atoms with Gasteiger partial charge in [-0.3, -0.25) is 9.59 Å². The number of rotatable bonds is 32. The minimum Gasteiger partial charge on any atom is -0.477 e. The monoisotopic (exact) mass is 862 g/mol. The average molecular weight is 863 g/mol. The molecule has 9 N–H and O–H groups in total. The topological polar surface area (TPSA) is 289 Å². The number of carbonyl (C=O) groups is 3. The maximum absolute atomic E-state index is 12.8. The Balaban J connectivity index is 1.39. The Morgan fingerprint density at radius 2 is 1.55 bits per heavy atom. The van der Waals surface area contributed by atoms with Crippen LogP contribution >= 0.6 is 0 Å². The molecule has 2 heterocycles. The lowest BCUT2D eigenvalue weighted by atomic mass is 9.88. The van der Waals surface area contributed by atoms with Crippen LogP contribution in [0.4, 0.5) is 8.78 Å². The summed E-state index contributed by atoms with van der Waals surface area (Å²) in [4.78, 5) is 37.1. The predicted octanol–water partition coefficient (Wildman–Crippen LogP) is -1.15. The van der Waals surface area contributed by atoms with Gasteiger partial charge >= 0.3 is 5.97 Å². The fraction of sp³-hybridized carbons (Fsp3) is 0.711. The van der Waals surface area contributed by atoms with Crippen LogP contribution in [-0.4, -0.2) is 174 Å². The van der Waals surface area contributed by atoms with E-state index >= 15 is 0 Å². The number of aromatic nitrogens is 3. The lowest BCUT2D eigenvalue weighted by Crippen LogP contribution is -2.68. The average Bonchev–Trinajstić information content (AvgIpc) is 3.69. The van der Waals surface area contributed by atoms with Crippen LogP contribution in [0.2, 0.25) is 0 Å². The molecule has 22 heteroatoms. The van der Waals surface area contributed by atoms with E-state index in [0.29, 0.717) is 90.8 Å². The van der Waals surface area contributed by atoms with E-state index in [1.165, 1.54) is 24.3 Å². The molecule has 60 heavy (non-hydrogen) atoms. The first-order valence-corrected chi connectivity index (χ1v) is 19.9. The van der Waals surface area contributed by atoms with Crippen molar-refractivity contribution in [3.05, 3.63) is 47.3 Å². The van der Waals surface area contributed by atoms with Gasteiger partial charge in [-0.25, -0.2) is 18.3 Å². The first kappa shape index (κ1) is 50.5. The Morgan fingerprint density at radius 1 is 0.917 bits per heavy atom. The summed E-state index contributed by atoms with van der Waals surface area (Å²) in [6.07, 6.45) is -5.81. The van der Waals surface area contributed by atoms with Gasteiger partial charge in [0.05, 0.1) is 96.4 Å². The van der Waals surface area contributed by atoms with E-state index in [4.69, 9.17) is 34.2 Å². The molecule has 0 saturated carbocycles. The third kappa shape index (κ3) is 18.0. The molecule has 6 atom stereocenters. The van der Waals surface area contributed by atoms with Crippen LogP contribution in [0.1, 0.15) is 55.4 Å². The number of nitrogens with zero attached hydrogens (tertiary/aromatic N) is 3. The van der Waals surface area contributed by atoms with Crippen molar-refractivity contribution in [1.82, 2.24) is 25.6 Å². The molecule has 3 rings (SSSR count). The van der Waals surface area contributed by atoms with E-state index in [1.807, 2.05) is 6.20 Å². The molecule has 1 aromatic heterocycles. The molecule has 1 aromatic carbocycles. The number of aliphatic hydroxyl groups excluding tert-OH is 4. The molecule has 340 valence electrons. The number of carbonyl (C=O) groups excluding carboxylic acids is 2. The number of hydrogen-bond acceptors (Lipinski definition) is 16. The molecule has 0 bridgehead atoms. The Hall–Kier alpha value is -3.81. The molecule has 2 aromatic rings. The van der Waals surface area contributed by atoms with Crippen molar-refractivity contribution in [2.24, 2.45) is 5.73 Å². The first-order chi connectivity index (χ1) is 28.9. The summed E-state index contributed by atoms with van der Waals surface area (Å²) < 4.78 is 60.4. The van der Waals surface area contributed by atoms with E-state index in [-0.39, 0.29) is 18.6 Å². The number of nitrogens with one attached hydrogen (secondary N) is 2. The standard InChI is InChI=1S/C38H60F2N6O14/c39-36(40)27-8-6-26(7-9-27)21-31(50)42-23-30(49)34(52)35-33(43-32(51)25-47)29(48)22-38(60-35,37(53)54)59-12-4-2-1-3-5-28-24-46(45-44-28)11-14-56-16-18-58-20-19-57-17-15-55-13-10-41/h6-9,24,29-30,33-36,47-49,52H,1-5,10-23,25,41H2,(H,42,50)(H,43,51)(H,53,54)/t29-,30+,33+,34+,35+,38+/m0/s1. The van der Waals surface area contributed by atoms with Crippen LogP contribution in [0.5, 0.6) is 0 Å². The van der Waals surface area contributed by atoms with E-state index < -0.39 is 80.0 Å². The summed E-state index contributed by atoms with van der Waals surface area (Å²) in [7, 11) is 0. The highest BCUT2D eigenvalue weighted by Crippen LogP contribution is 2.34. The molecular weight excluding hydrogens is 802 g/mol. The number of carboxylic acid groups (broad SMARTS) is 1. The minimum atomic E-state index is -2.68. The lowest BCUT2D eigenvalue weighted by Gasteiger charge is -2.46. The number of benzene rings is 1. The Kier molecular flexibility index (Phi) is 23.5. The summed E-state index contributed by atoms with van der Waals surface area (Å²) in [5.74, 6) is -5.72. The minimum absolute atomic E-state index is 0.119. The zero-order valence-electron chi connectivity index (χ0n) is 33.6. The number of amides is 2. The number of aryl methyl sites for hydroxylation is 1. The SMILES string of the molecule is NCCOCCOCCOCCOCCn1cc(CCCCCCO[C@]2(C(=O)O)C[C@H](O)[C@@H](NC(=O)CO)[C@H]([C@H](O)[C@H](O)CNC(=O)Cc3ccc(C(F)F)cc3)O2)nn1. The van der Waals surface area contributed by atoms with Crippen LogP contribution in [-0.2, 0) is 62.2 Å². The molecule has 0 radical (unpaired) electrons. The number of aliphatic hydroxyl groups is 4. The van der Waals surface area contributed by atoms with Gasteiger partial charge in [-0.2, -0.15) is 0 Å². The highest BCUT2D eigenvalue weighted by atomic mass is 19.3. The van der Waals surface area contributed by atoms with Gasteiger partial charge in [-0.15, -0.1) is 5.10 Å². The van der Waals surface area contributed by atoms with Gasteiger partial charge in [-0.1, -0.05) is 42.3 Å². The summed E-state index contributed by atoms with van der Waals surface area (Å²) in [6, 6.07) is 3.55. The van der Waals surface area contributed by atoms with E-state index in [9.17, 15) is 48.7 Å². The quantitative estimate of drug-likeness (QED) is 0.0403. The van der Waals surface area contributed by atoms with Crippen molar-refractivity contribution in [1.29, 1.82) is 0 Å². The molecule has 20 nitrogen and oxygen atoms in total. The highest BCUT2D eigenvalue weighted by molar-refractivity contribution is 5.79. The molecular formula is C38H60F2N6O14. The van der Waals surface area contributed by atoms with Crippen molar-refractivity contribution < 1.29 is 77.1 Å². The number of carboxylic acids is 1. The number of hydrogen-bond donors (Lipinski definition) is 8. The van der Waals surface area contributed by atoms with E-state index in [2.05, 4.69) is 20.9 Å². The molecule has 0 aliphatic carbocycles. The Labute approximate surface area is 346 Å². The zero-order valence-corrected chi connectivity index (χ0v) is 33.6. The maximum Gasteiger partial charge on any atom is 0.364 e. The second-order valence-electron chi connectivity index (χ2n) is 14.0. The second kappa shape index (κ2) is 27.9. The predicted molar refractivity (Wildman–Crippen MR) is 205 cm³/mol. The van der Waals surface area contributed by atoms with E-state index in [1.54, 1.807) is 4.68 Å². The van der Waals surface area contributed by atoms with Crippen LogP contribution in [0.25, 0.3) is 0 Å². The number of nitrogens with two attached hydrogens (primary N) is 1. The molecule has 0 unspecified atom stereocenters. The van der Waals surface area contributed by atoms with Gasteiger partial charge in [0.25, 0.3) is 12.2 Å². The van der Waals surface area contributed by atoms with E-state index in [0.717, 1.165) is 18.5 Å². The van der Waals surface area contributed by atoms with Gasteiger partial charge in [0.1, 0.15) is 18.8 Å². The molecule has 1 aliphatic heterocycles. The van der Waals surface area contributed by atoms with Crippen molar-refractivity contribution in [3.63, 3.8) is 0 Å². The molecule has 1 aliphatic rings. The van der Waals surface area contributed by atoms with Crippen molar-refractivity contribution >= 4 is 17.8 Å². The Bertz CT molecular complexity index is 1530. The van der Waals surface area contributed by atoms with Crippen LogP contribution < -0.4 is 16.4 Å². The molecule has 1 saturated heterocycles. The van der Waals surface area contributed by atoms with Gasteiger partial charge in [-0.05, 0) is 24.8 Å². The highest BCUT2D eigenvalue weighted by Gasteiger charge is 2.55. The number of unbranched alkanes of at least 4 members (excludes halogenated alkanes) is 3. The third-order valence-corrected chi connectivity index (χ3v) is 9.30. The number of aliphatic carboxylic acids is 1. The smallest absolute Gasteiger partial charge is 0.364 e. The summed E-state index contributed by atoms with van der Waals surface area (Å²) in [5.41, 5.74) is 6.33. The van der Waals surface area contributed by atoms with Crippen molar-refractivity contribution in [2.75, 3.05) is 79.2 Å². The lowest BCUT2D eigenvalue weighted by molar-refractivity contribution is -0.310. The van der Waals surface area contributed by atoms with Gasteiger partial charge < -0.3 is 70.3 Å². The first-order valence-electron chi connectivity index (χ1n) is 19.9. The third-order valence-electron chi connectivity index (χ3n) is 9.30. The fourth-order valence-electron chi connectivity index (χ4n) is 6.10. The second-order valence-corrected chi connectivity index (χ2v) is 14.0. The van der Waals surface area contributed by atoms with Crippen LogP contribution in [0.15, 0.2) is 30.5 Å². The van der Waals surface area contributed by atoms with Crippen LogP contribution in [0, 0.1) is 0 Å². The largest absolute Gasteiger partial charge is 0.477 e. The molecule has 1 fully saturated rings. The summed E-state index contributed by atoms with van der Waals surface area (Å²) >= 11 is 0. The summed E-state index contributed by atoms with van der Waals surface area (Å²) in [5, 5.41) is 65.3. The molecule has 0 spiro atoms. The van der Waals surface area contributed by atoms with Crippen LogP contribution in [0.3, 0.4) is 0 Å². The van der Waals surface area contributed by atoms with Gasteiger partial charge in [0, 0.05) is 31.3 Å². The molecule has 2 amide bonds. The summed E-state index contributed by atoms with van der Waals surface area (Å²) in [6.45, 7) is 3.01. The number of alkyl halides is 2. The number of ether oxygens (including phenoxy) is 6. The van der Waals surface area contributed by atoms with Gasteiger partial charge in [0.2, 0.25) is 11.8 Å². The Morgan fingerprint density at radius 3 is 2.17 bits per heavy atom. The number of halogens is 2. The van der Waals surface area contributed by atoms with Gasteiger partial charge in [0.15, 0.2) is 0 Å². The van der Waals surface area contributed by atoms with Crippen molar-refractivity contribution in [3.8, 4) is 0 Å². The fourth-order valence-corrected chi connectivity index (χ4v) is 6.10.